The number of anilines is 2. The summed E-state index contributed by atoms with van der Waals surface area (Å²) in [4.78, 5) is 7.54. The van der Waals surface area contributed by atoms with Gasteiger partial charge in [-0.2, -0.15) is 0 Å². The van der Waals surface area contributed by atoms with E-state index in [1.54, 1.807) is 6.20 Å². The van der Waals surface area contributed by atoms with Crippen LogP contribution in [0.3, 0.4) is 0 Å². The maximum Gasteiger partial charge on any atom is 0.183 e. The fourth-order valence-electron chi connectivity index (χ4n) is 2.84. The average molecular weight is 356 g/mol. The molecule has 1 aromatic heterocycles. The van der Waals surface area contributed by atoms with Crippen LogP contribution in [0.2, 0.25) is 9.49 Å². The third-order valence-electron chi connectivity index (χ3n) is 3.94. The Balaban J connectivity index is 1.66. The molecular weight excluding hydrogens is 337 g/mol. The van der Waals surface area contributed by atoms with Gasteiger partial charge in [0.2, 0.25) is 0 Å². The molecule has 1 fully saturated rings. The van der Waals surface area contributed by atoms with Crippen LogP contribution in [0.4, 0.5) is 11.4 Å². The molecule has 3 rings (SSSR count). The van der Waals surface area contributed by atoms with E-state index in [2.05, 4.69) is 34.3 Å². The second-order valence-electron chi connectivity index (χ2n) is 5.79. The van der Waals surface area contributed by atoms with Crippen molar-refractivity contribution in [1.82, 2.24) is 4.98 Å². The predicted octanol–water partition coefficient (Wildman–Crippen LogP) is 5.30. The van der Waals surface area contributed by atoms with Gasteiger partial charge in [0, 0.05) is 29.9 Å². The molecule has 6 heteroatoms. The van der Waals surface area contributed by atoms with Crippen molar-refractivity contribution in [2.75, 3.05) is 23.3 Å². The van der Waals surface area contributed by atoms with Crippen molar-refractivity contribution >= 4 is 45.9 Å². The molecule has 0 aliphatic carbocycles. The third-order valence-corrected chi connectivity index (χ3v) is 5.36. The Morgan fingerprint density at radius 2 is 2.27 bits per heavy atom. The molecule has 2 aromatic rings. The van der Waals surface area contributed by atoms with Crippen LogP contribution in [0.25, 0.3) is 0 Å². The van der Waals surface area contributed by atoms with Crippen molar-refractivity contribution in [1.29, 1.82) is 0 Å². The SMILES string of the molecule is CC1CCCN(c2ccc(NCc3cnc(Cl)s3)cc2Cl)C1. The molecule has 22 heavy (non-hydrogen) atoms. The lowest BCUT2D eigenvalue weighted by Crippen LogP contribution is -2.34. The summed E-state index contributed by atoms with van der Waals surface area (Å²) >= 11 is 13.8. The lowest BCUT2D eigenvalue weighted by molar-refractivity contribution is 0.447. The van der Waals surface area contributed by atoms with Gasteiger partial charge in [0.05, 0.1) is 17.3 Å². The maximum atomic E-state index is 6.48. The minimum atomic E-state index is 0.574. The van der Waals surface area contributed by atoms with Gasteiger partial charge in [-0.3, -0.25) is 0 Å². The number of piperidine rings is 1. The summed E-state index contributed by atoms with van der Waals surface area (Å²) in [5, 5.41) is 4.17. The first kappa shape index (κ1) is 15.9. The Bertz CT molecular complexity index is 644. The van der Waals surface area contributed by atoms with Crippen LogP contribution in [0.5, 0.6) is 0 Å². The predicted molar refractivity (Wildman–Crippen MR) is 96.5 cm³/mol. The molecular formula is C16H19Cl2N3S. The number of thiazole rings is 1. The lowest BCUT2D eigenvalue weighted by atomic mass is 10.00. The number of rotatable bonds is 4. The Morgan fingerprint density at radius 1 is 1.41 bits per heavy atom. The summed E-state index contributed by atoms with van der Waals surface area (Å²) < 4.78 is 0.574. The molecule has 0 bridgehead atoms. The molecule has 1 aliphatic rings. The highest BCUT2D eigenvalue weighted by molar-refractivity contribution is 7.15. The van der Waals surface area contributed by atoms with Crippen LogP contribution in [0.1, 0.15) is 24.6 Å². The highest BCUT2D eigenvalue weighted by atomic mass is 35.5. The smallest absolute Gasteiger partial charge is 0.183 e. The number of benzene rings is 1. The number of nitrogens with one attached hydrogen (secondary N) is 1. The van der Waals surface area contributed by atoms with Gasteiger partial charge < -0.3 is 10.2 Å². The minimum Gasteiger partial charge on any atom is -0.380 e. The van der Waals surface area contributed by atoms with Gasteiger partial charge in [0.15, 0.2) is 4.47 Å². The summed E-state index contributed by atoms with van der Waals surface area (Å²) in [5.74, 6) is 0.735. The second-order valence-corrected chi connectivity index (χ2v) is 7.90. The van der Waals surface area contributed by atoms with Gasteiger partial charge >= 0.3 is 0 Å². The maximum absolute atomic E-state index is 6.48. The minimum absolute atomic E-state index is 0.574. The van der Waals surface area contributed by atoms with Crippen LogP contribution in [0.15, 0.2) is 24.4 Å². The standard InChI is InChI=1S/C16H19Cl2N3S/c1-11-3-2-6-21(10-11)15-5-4-12(7-14(15)17)19-8-13-9-20-16(18)22-13/h4-5,7,9,11,19H,2-3,6,8,10H2,1H3. The first-order valence-electron chi connectivity index (χ1n) is 7.50. The van der Waals surface area contributed by atoms with Gasteiger partial charge in [-0.05, 0) is 37.0 Å². The number of hydrogen-bond acceptors (Lipinski definition) is 4. The molecule has 0 spiro atoms. The van der Waals surface area contributed by atoms with Crippen molar-refractivity contribution in [2.24, 2.45) is 5.92 Å². The molecule has 1 aromatic carbocycles. The zero-order chi connectivity index (χ0) is 15.5. The van der Waals surface area contributed by atoms with E-state index in [4.69, 9.17) is 23.2 Å². The van der Waals surface area contributed by atoms with Crippen molar-refractivity contribution in [3.05, 3.63) is 38.8 Å². The summed E-state index contributed by atoms with van der Waals surface area (Å²) in [6, 6.07) is 6.20. The molecule has 3 nitrogen and oxygen atoms in total. The van der Waals surface area contributed by atoms with Gasteiger partial charge in [0.1, 0.15) is 0 Å². The number of nitrogens with zero attached hydrogens (tertiary/aromatic N) is 2. The van der Waals surface area contributed by atoms with Crippen molar-refractivity contribution in [3.63, 3.8) is 0 Å². The molecule has 1 atom stereocenters. The molecule has 118 valence electrons. The Morgan fingerprint density at radius 3 is 2.95 bits per heavy atom. The van der Waals surface area contributed by atoms with Crippen molar-refractivity contribution in [2.45, 2.75) is 26.3 Å². The van der Waals surface area contributed by atoms with E-state index in [0.29, 0.717) is 11.0 Å². The fraction of sp³-hybridized carbons (Fsp3) is 0.438. The molecule has 1 aliphatic heterocycles. The molecule has 2 heterocycles. The highest BCUT2D eigenvalue weighted by Gasteiger charge is 2.18. The Labute approximate surface area is 145 Å². The third kappa shape index (κ3) is 3.86. The largest absolute Gasteiger partial charge is 0.380 e. The first-order valence-corrected chi connectivity index (χ1v) is 9.07. The number of aromatic nitrogens is 1. The van der Waals surface area contributed by atoms with Crippen LogP contribution in [-0.4, -0.2) is 18.1 Å². The average Bonchev–Trinajstić information content (AvgIpc) is 2.91. The number of halogens is 2. The van der Waals surface area contributed by atoms with E-state index >= 15 is 0 Å². The summed E-state index contributed by atoms with van der Waals surface area (Å²) in [5.41, 5.74) is 2.16. The van der Waals surface area contributed by atoms with E-state index in [-0.39, 0.29) is 0 Å². The van der Waals surface area contributed by atoms with Crippen LogP contribution >= 0.6 is 34.5 Å². The van der Waals surface area contributed by atoms with Crippen molar-refractivity contribution in [3.8, 4) is 0 Å². The van der Waals surface area contributed by atoms with Crippen LogP contribution in [0, 0.1) is 5.92 Å². The van der Waals surface area contributed by atoms with E-state index in [1.165, 1.54) is 24.2 Å². The van der Waals surface area contributed by atoms with E-state index in [1.807, 2.05) is 6.07 Å². The van der Waals surface area contributed by atoms with Gasteiger partial charge in [-0.1, -0.05) is 30.1 Å². The van der Waals surface area contributed by atoms with E-state index in [0.717, 1.165) is 40.3 Å². The molecule has 1 N–H and O–H groups in total. The number of hydrogen-bond donors (Lipinski definition) is 1. The molecule has 0 radical (unpaired) electrons. The molecule has 0 saturated carbocycles. The van der Waals surface area contributed by atoms with Crippen molar-refractivity contribution < 1.29 is 0 Å². The Kier molecular flexibility index (Phi) is 5.11. The monoisotopic (exact) mass is 355 g/mol. The van der Waals surface area contributed by atoms with Crippen LogP contribution in [-0.2, 0) is 6.54 Å². The fourth-order valence-corrected chi connectivity index (χ4v) is 4.05. The van der Waals surface area contributed by atoms with E-state index in [9.17, 15) is 0 Å². The quantitative estimate of drug-likeness (QED) is 0.806. The summed E-state index contributed by atoms with van der Waals surface area (Å²) in [7, 11) is 0. The summed E-state index contributed by atoms with van der Waals surface area (Å²) in [6.45, 7) is 5.19. The van der Waals surface area contributed by atoms with Crippen LogP contribution < -0.4 is 10.2 Å². The molecule has 1 unspecified atom stereocenters. The molecule has 0 amide bonds. The zero-order valence-corrected chi connectivity index (χ0v) is 14.8. The normalized spacial score (nSPS) is 18.5. The van der Waals surface area contributed by atoms with Gasteiger partial charge in [-0.25, -0.2) is 4.98 Å². The first-order chi connectivity index (χ1) is 10.6. The highest BCUT2D eigenvalue weighted by Crippen LogP contribution is 2.32. The molecule has 1 saturated heterocycles. The Hall–Kier alpha value is -0.970. The van der Waals surface area contributed by atoms with Gasteiger partial charge in [0.25, 0.3) is 0 Å². The summed E-state index contributed by atoms with van der Waals surface area (Å²) in [6.07, 6.45) is 4.35. The zero-order valence-electron chi connectivity index (χ0n) is 12.5. The topological polar surface area (TPSA) is 28.2 Å². The van der Waals surface area contributed by atoms with Gasteiger partial charge in [-0.15, -0.1) is 11.3 Å². The lowest BCUT2D eigenvalue weighted by Gasteiger charge is -2.33. The second kappa shape index (κ2) is 7.07. The van der Waals surface area contributed by atoms with E-state index < -0.39 is 0 Å².